The molecule has 3 rings (SSSR count). The van der Waals surface area contributed by atoms with E-state index in [0.717, 1.165) is 6.54 Å². The number of nitrogens with zero attached hydrogens (tertiary/aromatic N) is 1. The van der Waals surface area contributed by atoms with Gasteiger partial charge >= 0.3 is 0 Å². The fourth-order valence-corrected chi connectivity index (χ4v) is 2.95. The number of aryl methyl sites for hydroxylation is 1. The van der Waals surface area contributed by atoms with Gasteiger partial charge in [0.15, 0.2) is 0 Å². The lowest BCUT2D eigenvalue weighted by Gasteiger charge is -2.42. The van der Waals surface area contributed by atoms with Crippen molar-refractivity contribution in [3.63, 3.8) is 0 Å². The SMILES string of the molecule is Cn1ccc2c(C3(CN)CCC3)cccc21. The minimum Gasteiger partial charge on any atom is -0.351 e. The molecule has 1 heterocycles. The zero-order valence-corrected chi connectivity index (χ0v) is 9.74. The zero-order valence-electron chi connectivity index (χ0n) is 9.74. The summed E-state index contributed by atoms with van der Waals surface area (Å²) in [7, 11) is 2.10. The minimum atomic E-state index is 0.265. The zero-order chi connectivity index (χ0) is 11.2. The Bertz CT molecular complexity index is 515. The molecule has 1 aromatic heterocycles. The molecule has 1 aromatic carbocycles. The van der Waals surface area contributed by atoms with Gasteiger partial charge in [-0.25, -0.2) is 0 Å². The molecule has 0 aliphatic heterocycles. The van der Waals surface area contributed by atoms with Gasteiger partial charge in [-0.2, -0.15) is 0 Å². The summed E-state index contributed by atoms with van der Waals surface area (Å²) < 4.78 is 2.18. The number of hydrogen-bond donors (Lipinski definition) is 1. The topological polar surface area (TPSA) is 30.9 Å². The van der Waals surface area contributed by atoms with Gasteiger partial charge in [-0.3, -0.25) is 0 Å². The summed E-state index contributed by atoms with van der Waals surface area (Å²) in [5.74, 6) is 0. The highest BCUT2D eigenvalue weighted by Gasteiger charge is 2.38. The first-order chi connectivity index (χ1) is 7.77. The lowest BCUT2D eigenvalue weighted by molar-refractivity contribution is 0.255. The van der Waals surface area contributed by atoms with Crippen LogP contribution in [0.25, 0.3) is 10.9 Å². The monoisotopic (exact) mass is 214 g/mol. The molecule has 0 radical (unpaired) electrons. The molecule has 0 spiro atoms. The highest BCUT2D eigenvalue weighted by molar-refractivity contribution is 5.85. The molecule has 0 atom stereocenters. The predicted octanol–water partition coefficient (Wildman–Crippen LogP) is 2.56. The van der Waals surface area contributed by atoms with Crippen LogP contribution in [-0.2, 0) is 12.5 Å². The molecule has 1 saturated carbocycles. The van der Waals surface area contributed by atoms with Crippen LogP contribution in [0.5, 0.6) is 0 Å². The molecule has 16 heavy (non-hydrogen) atoms. The van der Waals surface area contributed by atoms with E-state index in [9.17, 15) is 0 Å². The fraction of sp³-hybridized carbons (Fsp3) is 0.429. The molecule has 1 aliphatic rings. The van der Waals surface area contributed by atoms with Crippen LogP contribution in [0.1, 0.15) is 24.8 Å². The third-order valence-corrected chi connectivity index (χ3v) is 4.20. The Morgan fingerprint density at radius 3 is 2.75 bits per heavy atom. The minimum absolute atomic E-state index is 0.265. The Kier molecular flexibility index (Phi) is 2.08. The Balaban J connectivity index is 2.23. The number of aromatic nitrogens is 1. The van der Waals surface area contributed by atoms with Gasteiger partial charge in [-0.15, -0.1) is 0 Å². The van der Waals surface area contributed by atoms with E-state index in [1.54, 1.807) is 0 Å². The van der Waals surface area contributed by atoms with E-state index >= 15 is 0 Å². The first-order valence-electron chi connectivity index (χ1n) is 6.01. The van der Waals surface area contributed by atoms with Gasteiger partial charge in [0.05, 0.1) is 0 Å². The standard InChI is InChI=1S/C14H18N2/c1-16-9-6-11-12(4-2-5-13(11)16)14(10-15)7-3-8-14/h2,4-6,9H,3,7-8,10,15H2,1H3. The number of rotatable bonds is 2. The van der Waals surface area contributed by atoms with Crippen molar-refractivity contribution >= 4 is 10.9 Å². The molecular weight excluding hydrogens is 196 g/mol. The lowest BCUT2D eigenvalue weighted by atomic mass is 9.64. The number of benzene rings is 1. The van der Waals surface area contributed by atoms with Crippen LogP contribution in [0.15, 0.2) is 30.5 Å². The Labute approximate surface area is 96.1 Å². The van der Waals surface area contributed by atoms with Crippen LogP contribution in [0.4, 0.5) is 0 Å². The molecular formula is C14H18N2. The summed E-state index contributed by atoms with van der Waals surface area (Å²) in [6.07, 6.45) is 5.95. The smallest absolute Gasteiger partial charge is 0.0480 e. The van der Waals surface area contributed by atoms with Gasteiger partial charge < -0.3 is 10.3 Å². The Morgan fingerprint density at radius 1 is 1.31 bits per heavy atom. The molecule has 0 saturated heterocycles. The average Bonchev–Trinajstić information content (AvgIpc) is 2.61. The van der Waals surface area contributed by atoms with Crippen LogP contribution >= 0.6 is 0 Å². The van der Waals surface area contributed by atoms with Crippen molar-refractivity contribution in [3.8, 4) is 0 Å². The van der Waals surface area contributed by atoms with Gasteiger partial charge in [0, 0.05) is 36.1 Å². The van der Waals surface area contributed by atoms with Crippen molar-refractivity contribution in [2.45, 2.75) is 24.7 Å². The predicted molar refractivity (Wildman–Crippen MR) is 67.5 cm³/mol. The third-order valence-electron chi connectivity index (χ3n) is 4.20. The van der Waals surface area contributed by atoms with Crippen molar-refractivity contribution in [2.24, 2.45) is 12.8 Å². The quantitative estimate of drug-likeness (QED) is 0.818. The first kappa shape index (κ1) is 9.91. The van der Waals surface area contributed by atoms with Gasteiger partial charge in [-0.1, -0.05) is 18.6 Å². The van der Waals surface area contributed by atoms with E-state index in [-0.39, 0.29) is 5.41 Å². The molecule has 2 nitrogen and oxygen atoms in total. The maximum Gasteiger partial charge on any atom is 0.0480 e. The second-order valence-electron chi connectivity index (χ2n) is 5.00. The second-order valence-corrected chi connectivity index (χ2v) is 5.00. The van der Waals surface area contributed by atoms with E-state index in [1.165, 1.54) is 35.7 Å². The van der Waals surface area contributed by atoms with E-state index in [0.29, 0.717) is 0 Å². The van der Waals surface area contributed by atoms with E-state index in [4.69, 9.17) is 5.73 Å². The Hall–Kier alpha value is -1.28. The highest BCUT2D eigenvalue weighted by Crippen LogP contribution is 2.45. The fourth-order valence-electron chi connectivity index (χ4n) is 2.95. The maximum atomic E-state index is 5.99. The molecule has 2 aromatic rings. The largest absolute Gasteiger partial charge is 0.351 e. The summed E-state index contributed by atoms with van der Waals surface area (Å²) in [6.45, 7) is 0.779. The number of fused-ring (bicyclic) bond motifs is 1. The molecule has 2 N–H and O–H groups in total. The van der Waals surface area contributed by atoms with Gasteiger partial charge in [0.1, 0.15) is 0 Å². The van der Waals surface area contributed by atoms with Crippen LogP contribution in [0.3, 0.4) is 0 Å². The van der Waals surface area contributed by atoms with Gasteiger partial charge in [0.2, 0.25) is 0 Å². The van der Waals surface area contributed by atoms with E-state index in [1.807, 2.05) is 0 Å². The summed E-state index contributed by atoms with van der Waals surface area (Å²) in [6, 6.07) is 8.82. The van der Waals surface area contributed by atoms with Crippen LogP contribution < -0.4 is 5.73 Å². The molecule has 1 fully saturated rings. The van der Waals surface area contributed by atoms with Gasteiger partial charge in [-0.05, 0) is 30.5 Å². The van der Waals surface area contributed by atoms with Crippen molar-refractivity contribution < 1.29 is 0 Å². The molecule has 0 amide bonds. The molecule has 0 unspecified atom stereocenters. The van der Waals surface area contributed by atoms with E-state index < -0.39 is 0 Å². The second kappa shape index (κ2) is 3.36. The first-order valence-corrected chi connectivity index (χ1v) is 6.01. The van der Waals surface area contributed by atoms with Crippen molar-refractivity contribution in [2.75, 3.05) is 6.54 Å². The molecule has 0 bridgehead atoms. The summed E-state index contributed by atoms with van der Waals surface area (Å²) in [4.78, 5) is 0. The van der Waals surface area contributed by atoms with E-state index in [2.05, 4.69) is 42.1 Å². The summed E-state index contributed by atoms with van der Waals surface area (Å²) >= 11 is 0. The molecule has 2 heteroatoms. The van der Waals surface area contributed by atoms with Crippen LogP contribution in [-0.4, -0.2) is 11.1 Å². The highest BCUT2D eigenvalue weighted by atomic mass is 14.9. The molecule has 1 aliphatic carbocycles. The average molecular weight is 214 g/mol. The Morgan fingerprint density at radius 2 is 2.12 bits per heavy atom. The van der Waals surface area contributed by atoms with Crippen molar-refractivity contribution in [3.05, 3.63) is 36.0 Å². The summed E-state index contributed by atoms with van der Waals surface area (Å²) in [5.41, 5.74) is 9.03. The number of nitrogens with two attached hydrogens (primary N) is 1. The number of hydrogen-bond acceptors (Lipinski definition) is 1. The lowest BCUT2D eigenvalue weighted by Crippen LogP contribution is -2.41. The summed E-state index contributed by atoms with van der Waals surface area (Å²) in [5, 5.41) is 1.38. The maximum absolute atomic E-state index is 5.99. The van der Waals surface area contributed by atoms with Crippen molar-refractivity contribution in [1.29, 1.82) is 0 Å². The van der Waals surface area contributed by atoms with Crippen molar-refractivity contribution in [1.82, 2.24) is 4.57 Å². The normalized spacial score (nSPS) is 18.6. The van der Waals surface area contributed by atoms with Crippen LogP contribution in [0, 0.1) is 0 Å². The third kappa shape index (κ3) is 1.17. The molecule has 84 valence electrons. The van der Waals surface area contributed by atoms with Crippen LogP contribution in [0.2, 0.25) is 0 Å². The van der Waals surface area contributed by atoms with Gasteiger partial charge in [0.25, 0.3) is 0 Å².